The highest BCUT2D eigenvalue weighted by Gasteiger charge is 2.14. The van der Waals surface area contributed by atoms with E-state index < -0.39 is 0 Å². The second kappa shape index (κ2) is 7.08. The Bertz CT molecular complexity index is 356. The van der Waals surface area contributed by atoms with Crippen molar-refractivity contribution in [3.05, 3.63) is 24.3 Å². The Morgan fingerprint density at radius 2 is 2.00 bits per heavy atom. The lowest BCUT2D eigenvalue weighted by atomic mass is 10.0. The Morgan fingerprint density at radius 1 is 1.22 bits per heavy atom. The van der Waals surface area contributed by atoms with Gasteiger partial charge in [0.1, 0.15) is 0 Å². The maximum absolute atomic E-state index is 3.51. The lowest BCUT2D eigenvalue weighted by Gasteiger charge is -2.21. The van der Waals surface area contributed by atoms with Gasteiger partial charge in [-0.2, -0.15) is 0 Å². The van der Waals surface area contributed by atoms with Crippen LogP contribution in [0.3, 0.4) is 0 Å². The van der Waals surface area contributed by atoms with Gasteiger partial charge in [0, 0.05) is 22.4 Å². The van der Waals surface area contributed by atoms with Crippen LogP contribution < -0.4 is 5.32 Å². The summed E-state index contributed by atoms with van der Waals surface area (Å²) in [7, 11) is 0. The molecule has 1 aliphatic carbocycles. The van der Waals surface area contributed by atoms with Crippen LogP contribution in [0.25, 0.3) is 0 Å². The maximum Gasteiger partial charge on any atom is 0.0351 e. The number of nitrogens with one attached hydrogen (secondary N) is 1. The van der Waals surface area contributed by atoms with E-state index >= 15 is 0 Å². The predicted molar refractivity (Wildman–Crippen MR) is 82.5 cm³/mol. The van der Waals surface area contributed by atoms with E-state index in [0.717, 1.165) is 11.8 Å². The molecule has 2 rings (SSSR count). The molecule has 1 nitrogen and oxygen atoms in total. The van der Waals surface area contributed by atoms with Crippen LogP contribution in [0.5, 0.6) is 0 Å². The van der Waals surface area contributed by atoms with Gasteiger partial charge in [0.15, 0.2) is 0 Å². The van der Waals surface area contributed by atoms with Crippen molar-refractivity contribution in [2.45, 2.75) is 56.1 Å². The van der Waals surface area contributed by atoms with E-state index in [-0.39, 0.29) is 0 Å². The molecule has 0 atom stereocenters. The highest BCUT2D eigenvalue weighted by atomic mass is 32.2. The fraction of sp³-hybridized carbons (Fsp3) is 0.625. The summed E-state index contributed by atoms with van der Waals surface area (Å²) in [5, 5.41) is 4.35. The summed E-state index contributed by atoms with van der Waals surface area (Å²) in [5.41, 5.74) is 1.27. The van der Waals surface area contributed by atoms with E-state index in [9.17, 15) is 0 Å². The van der Waals surface area contributed by atoms with Crippen LogP contribution in [0.2, 0.25) is 0 Å². The number of anilines is 1. The average Bonchev–Trinajstić information content (AvgIpc) is 2.38. The maximum atomic E-state index is 3.51. The summed E-state index contributed by atoms with van der Waals surface area (Å²) < 4.78 is 0. The third-order valence-electron chi connectivity index (χ3n) is 3.40. The zero-order valence-corrected chi connectivity index (χ0v) is 12.4. The summed E-state index contributed by atoms with van der Waals surface area (Å²) in [5.74, 6) is 0.694. The van der Waals surface area contributed by atoms with Gasteiger partial charge in [0.25, 0.3) is 0 Å². The van der Waals surface area contributed by atoms with Crippen molar-refractivity contribution in [2.75, 3.05) is 11.9 Å². The quantitative estimate of drug-likeness (QED) is 0.785. The van der Waals surface area contributed by atoms with E-state index in [1.54, 1.807) is 0 Å². The van der Waals surface area contributed by atoms with Crippen LogP contribution in [0, 0.1) is 5.92 Å². The van der Waals surface area contributed by atoms with Crippen LogP contribution in [0.15, 0.2) is 29.2 Å². The zero-order valence-electron chi connectivity index (χ0n) is 11.6. The van der Waals surface area contributed by atoms with Gasteiger partial charge in [-0.25, -0.2) is 0 Å². The smallest absolute Gasteiger partial charge is 0.0351 e. The Balaban J connectivity index is 1.89. The molecule has 1 aliphatic rings. The third-order valence-corrected chi connectivity index (χ3v) is 4.73. The van der Waals surface area contributed by atoms with Crippen molar-refractivity contribution >= 4 is 17.4 Å². The summed E-state index contributed by atoms with van der Waals surface area (Å²) in [6.45, 7) is 5.54. The van der Waals surface area contributed by atoms with E-state index in [1.807, 2.05) is 0 Å². The van der Waals surface area contributed by atoms with Gasteiger partial charge in [-0.05, 0) is 37.0 Å². The molecule has 1 aromatic carbocycles. The molecule has 0 aromatic heterocycles. The molecule has 0 saturated heterocycles. The topological polar surface area (TPSA) is 12.0 Å². The Morgan fingerprint density at radius 3 is 2.72 bits per heavy atom. The first-order valence-corrected chi connectivity index (χ1v) is 8.12. The van der Waals surface area contributed by atoms with Crippen LogP contribution >= 0.6 is 11.8 Å². The van der Waals surface area contributed by atoms with Crippen LogP contribution in [-0.2, 0) is 0 Å². The van der Waals surface area contributed by atoms with Gasteiger partial charge in [-0.1, -0.05) is 39.2 Å². The van der Waals surface area contributed by atoms with Crippen molar-refractivity contribution in [1.29, 1.82) is 0 Å². The highest BCUT2D eigenvalue weighted by molar-refractivity contribution is 8.00. The first-order chi connectivity index (χ1) is 8.74. The van der Waals surface area contributed by atoms with Crippen LogP contribution in [0.4, 0.5) is 5.69 Å². The lowest BCUT2D eigenvalue weighted by molar-refractivity contribution is 0.516. The van der Waals surface area contributed by atoms with Crippen LogP contribution in [-0.4, -0.2) is 11.8 Å². The normalized spacial score (nSPS) is 17.1. The molecular formula is C16H25NS. The molecule has 1 N–H and O–H groups in total. The number of thioether (sulfide) groups is 1. The van der Waals surface area contributed by atoms with Gasteiger partial charge in [0.05, 0.1) is 0 Å². The summed E-state index contributed by atoms with van der Waals surface area (Å²) in [6, 6.07) is 8.91. The highest BCUT2D eigenvalue weighted by Crippen LogP contribution is 2.34. The molecule has 2 heteroatoms. The third kappa shape index (κ3) is 4.56. The average molecular weight is 263 g/mol. The molecule has 1 aromatic rings. The Kier molecular flexibility index (Phi) is 5.43. The monoisotopic (exact) mass is 263 g/mol. The molecule has 0 unspecified atom stereocenters. The van der Waals surface area contributed by atoms with E-state index in [2.05, 4.69) is 55.2 Å². The minimum Gasteiger partial charge on any atom is -0.385 e. The fourth-order valence-corrected chi connectivity index (χ4v) is 3.68. The standard InChI is InChI=1S/C16H25NS/c1-13(2)12-17-14-7-6-10-16(11-14)18-15-8-4-3-5-9-15/h6-7,10-11,13,15,17H,3-5,8-9,12H2,1-2H3. The van der Waals surface area contributed by atoms with Gasteiger partial charge < -0.3 is 5.32 Å². The largest absolute Gasteiger partial charge is 0.385 e. The molecule has 0 aliphatic heterocycles. The molecule has 18 heavy (non-hydrogen) atoms. The number of hydrogen-bond donors (Lipinski definition) is 1. The SMILES string of the molecule is CC(C)CNc1cccc(SC2CCCCC2)c1. The Labute approximate surface area is 116 Å². The minimum atomic E-state index is 0.694. The second-order valence-electron chi connectivity index (χ2n) is 5.68. The lowest BCUT2D eigenvalue weighted by Crippen LogP contribution is -2.09. The molecule has 0 heterocycles. The fourth-order valence-electron chi connectivity index (χ4n) is 2.38. The van der Waals surface area contributed by atoms with Gasteiger partial charge >= 0.3 is 0 Å². The molecule has 0 amide bonds. The zero-order chi connectivity index (χ0) is 12.8. The van der Waals surface area contributed by atoms with E-state index in [4.69, 9.17) is 0 Å². The van der Waals surface area contributed by atoms with Gasteiger partial charge in [0.2, 0.25) is 0 Å². The van der Waals surface area contributed by atoms with Crippen molar-refractivity contribution in [3.63, 3.8) is 0 Å². The molecule has 100 valence electrons. The Hall–Kier alpha value is -0.630. The van der Waals surface area contributed by atoms with Crippen molar-refractivity contribution in [2.24, 2.45) is 5.92 Å². The first-order valence-electron chi connectivity index (χ1n) is 7.24. The molecule has 1 saturated carbocycles. The van der Waals surface area contributed by atoms with Gasteiger partial charge in [-0.15, -0.1) is 11.8 Å². The first kappa shape index (κ1) is 13.8. The minimum absolute atomic E-state index is 0.694. The number of hydrogen-bond acceptors (Lipinski definition) is 2. The van der Waals surface area contributed by atoms with E-state index in [1.165, 1.54) is 42.7 Å². The second-order valence-corrected chi connectivity index (χ2v) is 7.05. The molecule has 0 radical (unpaired) electrons. The van der Waals surface area contributed by atoms with E-state index in [0.29, 0.717) is 5.92 Å². The van der Waals surface area contributed by atoms with Crippen molar-refractivity contribution in [3.8, 4) is 0 Å². The van der Waals surface area contributed by atoms with Crippen molar-refractivity contribution < 1.29 is 0 Å². The molecule has 0 spiro atoms. The molecule has 0 bridgehead atoms. The molecular weight excluding hydrogens is 238 g/mol. The van der Waals surface area contributed by atoms with Crippen molar-refractivity contribution in [1.82, 2.24) is 0 Å². The van der Waals surface area contributed by atoms with Gasteiger partial charge in [-0.3, -0.25) is 0 Å². The van der Waals surface area contributed by atoms with Crippen LogP contribution in [0.1, 0.15) is 46.0 Å². The number of rotatable bonds is 5. The number of benzene rings is 1. The summed E-state index contributed by atoms with van der Waals surface area (Å²) >= 11 is 2.07. The summed E-state index contributed by atoms with van der Waals surface area (Å²) in [4.78, 5) is 1.43. The predicted octanol–water partition coefficient (Wildman–Crippen LogP) is 5.18. The molecule has 1 fully saturated rings. The summed E-state index contributed by atoms with van der Waals surface area (Å²) in [6.07, 6.45) is 7.07.